The molecule has 6 atom stereocenters. The van der Waals surface area contributed by atoms with E-state index in [2.05, 4.69) is 10.6 Å². The third kappa shape index (κ3) is 4.47. The van der Waals surface area contributed by atoms with Crippen LogP contribution in [0.1, 0.15) is 50.6 Å². The second kappa shape index (κ2) is 10.5. The molecule has 3 aliphatic heterocycles. The molecule has 0 aromatic heterocycles. The molecule has 0 unspecified atom stereocenters. The largest absolute Gasteiger partial charge is 0.359 e. The Morgan fingerprint density at radius 1 is 1.05 bits per heavy atom. The predicted molar refractivity (Wildman–Crippen MR) is 151 cm³/mol. The standard InChI is InChI=1S/C31H35N3O4S/c1-19(20-10-5-3-6-11-20)34-27(29(36)32-21-12-7-4-8-13-21)31-17-16-24(38-31)25(26(31)30(34)37)28(35)33-22-14-9-15-23(18-22)39-2/h3,5-6,9-11,14-19,21,24-27H,4,7-8,12-13H2,1-2H3,(H,32,36)(H,33,35)/t19-,24-,25+,26-,27-,31-/m1/s1. The molecule has 204 valence electrons. The van der Waals surface area contributed by atoms with Crippen molar-refractivity contribution < 1.29 is 19.1 Å². The van der Waals surface area contributed by atoms with Crippen molar-refractivity contribution in [1.82, 2.24) is 10.2 Å². The number of likely N-dealkylation sites (tertiary alicyclic amines) is 1. The number of rotatable bonds is 7. The highest BCUT2D eigenvalue weighted by atomic mass is 32.2. The van der Waals surface area contributed by atoms with Crippen LogP contribution in [0, 0.1) is 11.8 Å². The van der Waals surface area contributed by atoms with Gasteiger partial charge in [-0.15, -0.1) is 11.8 Å². The van der Waals surface area contributed by atoms with Gasteiger partial charge in [0.15, 0.2) is 0 Å². The first-order valence-corrected chi connectivity index (χ1v) is 15.1. The first kappa shape index (κ1) is 26.1. The van der Waals surface area contributed by atoms with Crippen molar-refractivity contribution in [1.29, 1.82) is 0 Å². The SMILES string of the molecule is CSc1cccc(NC(=O)[C@H]2[C@H]3C=C[C@@]4(O3)[C@H]2C(=O)N([C@H](C)c2ccccc2)[C@@H]4C(=O)NC2CCCCC2)c1. The van der Waals surface area contributed by atoms with Gasteiger partial charge in [0.05, 0.1) is 24.0 Å². The minimum absolute atomic E-state index is 0.0936. The lowest BCUT2D eigenvalue weighted by Crippen LogP contribution is -2.56. The Morgan fingerprint density at radius 2 is 1.82 bits per heavy atom. The molecule has 0 radical (unpaired) electrons. The van der Waals surface area contributed by atoms with Gasteiger partial charge in [-0.05, 0) is 49.8 Å². The van der Waals surface area contributed by atoms with Gasteiger partial charge in [-0.2, -0.15) is 0 Å². The molecular weight excluding hydrogens is 510 g/mol. The van der Waals surface area contributed by atoms with E-state index in [1.807, 2.05) is 79.9 Å². The molecule has 3 fully saturated rings. The molecule has 2 saturated heterocycles. The van der Waals surface area contributed by atoms with Crippen molar-refractivity contribution in [2.45, 2.75) is 73.8 Å². The van der Waals surface area contributed by atoms with Crippen LogP contribution in [0.5, 0.6) is 0 Å². The summed E-state index contributed by atoms with van der Waals surface area (Å²) >= 11 is 1.60. The molecule has 1 aliphatic carbocycles. The van der Waals surface area contributed by atoms with Crippen molar-refractivity contribution in [3.63, 3.8) is 0 Å². The van der Waals surface area contributed by atoms with Crippen LogP contribution in [0.3, 0.4) is 0 Å². The molecule has 1 spiro atoms. The van der Waals surface area contributed by atoms with Crippen LogP contribution in [0.4, 0.5) is 5.69 Å². The summed E-state index contributed by atoms with van der Waals surface area (Å²) in [4.78, 5) is 44.8. The average Bonchev–Trinajstić information content (AvgIpc) is 3.61. The summed E-state index contributed by atoms with van der Waals surface area (Å²) in [6.45, 7) is 1.95. The fourth-order valence-electron chi connectivity index (χ4n) is 6.97. The fraction of sp³-hybridized carbons (Fsp3) is 0.452. The Labute approximate surface area is 233 Å². The quantitative estimate of drug-likeness (QED) is 0.389. The normalized spacial score (nSPS) is 30.3. The highest BCUT2D eigenvalue weighted by Crippen LogP contribution is 2.56. The summed E-state index contributed by atoms with van der Waals surface area (Å²) in [6.07, 6.45) is 10.4. The second-order valence-electron chi connectivity index (χ2n) is 11.1. The molecule has 2 aromatic carbocycles. The molecular formula is C31H35N3O4S. The van der Waals surface area contributed by atoms with E-state index < -0.39 is 29.6 Å². The smallest absolute Gasteiger partial charge is 0.246 e. The Balaban J connectivity index is 1.34. The van der Waals surface area contributed by atoms with Crippen molar-refractivity contribution >= 4 is 35.2 Å². The number of fused-ring (bicyclic) bond motifs is 1. The summed E-state index contributed by atoms with van der Waals surface area (Å²) in [7, 11) is 0. The number of ether oxygens (including phenoxy) is 1. The minimum atomic E-state index is -1.17. The van der Waals surface area contributed by atoms with Crippen molar-refractivity contribution in [2.24, 2.45) is 11.8 Å². The van der Waals surface area contributed by atoms with Crippen molar-refractivity contribution in [3.8, 4) is 0 Å². The molecule has 2 aromatic rings. The van der Waals surface area contributed by atoms with Crippen molar-refractivity contribution in [2.75, 3.05) is 11.6 Å². The third-order valence-corrected chi connectivity index (χ3v) is 9.58. The van der Waals surface area contributed by atoms with Gasteiger partial charge in [-0.25, -0.2) is 0 Å². The van der Waals surface area contributed by atoms with Gasteiger partial charge < -0.3 is 20.3 Å². The number of carbonyl (C=O) groups excluding carboxylic acids is 3. The van der Waals surface area contributed by atoms with E-state index in [9.17, 15) is 14.4 Å². The number of carbonyl (C=O) groups is 3. The zero-order chi connectivity index (χ0) is 27.1. The van der Waals surface area contributed by atoms with E-state index >= 15 is 0 Å². The van der Waals surface area contributed by atoms with E-state index in [1.165, 1.54) is 6.42 Å². The van der Waals surface area contributed by atoms with Gasteiger partial charge >= 0.3 is 0 Å². The number of hydrogen-bond acceptors (Lipinski definition) is 5. The number of nitrogens with one attached hydrogen (secondary N) is 2. The van der Waals surface area contributed by atoms with Crippen LogP contribution in [0.25, 0.3) is 0 Å². The Morgan fingerprint density at radius 3 is 2.56 bits per heavy atom. The molecule has 2 N–H and O–H groups in total. The second-order valence-corrected chi connectivity index (χ2v) is 12.0. The minimum Gasteiger partial charge on any atom is -0.359 e. The average molecular weight is 546 g/mol. The molecule has 39 heavy (non-hydrogen) atoms. The maximum Gasteiger partial charge on any atom is 0.246 e. The van der Waals surface area contributed by atoms with Crippen molar-refractivity contribution in [3.05, 3.63) is 72.3 Å². The number of anilines is 1. The highest BCUT2D eigenvalue weighted by molar-refractivity contribution is 7.98. The molecule has 4 aliphatic rings. The van der Waals surface area contributed by atoms with E-state index in [-0.39, 0.29) is 29.8 Å². The van der Waals surface area contributed by atoms with Crippen LogP contribution < -0.4 is 10.6 Å². The lowest BCUT2D eigenvalue weighted by Gasteiger charge is -2.37. The lowest BCUT2D eigenvalue weighted by atomic mass is 9.74. The number of amides is 3. The Bertz CT molecular complexity index is 1290. The van der Waals surface area contributed by atoms with E-state index in [0.29, 0.717) is 5.69 Å². The number of thioether (sulfide) groups is 1. The Hall–Kier alpha value is -3.10. The molecule has 6 rings (SSSR count). The summed E-state index contributed by atoms with van der Waals surface area (Å²) in [5.74, 6) is -2.16. The predicted octanol–water partition coefficient (Wildman–Crippen LogP) is 4.71. The maximum absolute atomic E-state index is 14.3. The number of benzene rings is 2. The molecule has 3 amide bonds. The molecule has 2 bridgehead atoms. The van der Waals surface area contributed by atoms with Gasteiger partial charge in [-0.1, -0.05) is 67.8 Å². The zero-order valence-electron chi connectivity index (χ0n) is 22.3. The van der Waals surface area contributed by atoms with Gasteiger partial charge in [0.1, 0.15) is 11.6 Å². The van der Waals surface area contributed by atoms with E-state index in [4.69, 9.17) is 4.74 Å². The molecule has 8 heteroatoms. The summed E-state index contributed by atoms with van der Waals surface area (Å²) < 4.78 is 6.51. The van der Waals surface area contributed by atoms with E-state index in [1.54, 1.807) is 16.7 Å². The first-order valence-electron chi connectivity index (χ1n) is 13.9. The van der Waals surface area contributed by atoms with Crippen LogP contribution in [0.15, 0.2) is 71.6 Å². The molecule has 3 heterocycles. The summed E-state index contributed by atoms with van der Waals surface area (Å²) in [5, 5.41) is 6.28. The number of nitrogens with zero attached hydrogens (tertiary/aromatic N) is 1. The Kier molecular flexibility index (Phi) is 7.02. The third-order valence-electron chi connectivity index (χ3n) is 8.85. The lowest BCUT2D eigenvalue weighted by molar-refractivity contribution is -0.143. The highest BCUT2D eigenvalue weighted by Gasteiger charge is 2.73. The fourth-order valence-corrected chi connectivity index (χ4v) is 7.43. The van der Waals surface area contributed by atoms with Crippen LogP contribution in [0.2, 0.25) is 0 Å². The van der Waals surface area contributed by atoms with Crippen LogP contribution in [-0.2, 0) is 19.1 Å². The maximum atomic E-state index is 14.3. The zero-order valence-corrected chi connectivity index (χ0v) is 23.2. The van der Waals surface area contributed by atoms with Gasteiger partial charge in [0, 0.05) is 16.6 Å². The molecule has 7 nitrogen and oxygen atoms in total. The topological polar surface area (TPSA) is 87.7 Å². The van der Waals surface area contributed by atoms with Gasteiger partial charge in [0.25, 0.3) is 0 Å². The van der Waals surface area contributed by atoms with Crippen LogP contribution in [-0.4, -0.2) is 52.7 Å². The first-order chi connectivity index (χ1) is 18.9. The van der Waals surface area contributed by atoms with E-state index in [0.717, 1.165) is 36.1 Å². The van der Waals surface area contributed by atoms with Gasteiger partial charge in [0.2, 0.25) is 17.7 Å². The van der Waals surface area contributed by atoms with Crippen LogP contribution >= 0.6 is 11.8 Å². The summed E-state index contributed by atoms with van der Waals surface area (Å²) in [6, 6.07) is 16.3. The molecule has 1 saturated carbocycles. The number of hydrogen-bond donors (Lipinski definition) is 2. The monoisotopic (exact) mass is 545 g/mol. The summed E-state index contributed by atoms with van der Waals surface area (Å²) in [5.41, 5.74) is 0.442. The van der Waals surface area contributed by atoms with Gasteiger partial charge in [-0.3, -0.25) is 14.4 Å².